The second-order valence-electron chi connectivity index (χ2n) is 6.34. The molecule has 0 aromatic heterocycles. The first kappa shape index (κ1) is 23.5. The number of carboxylic acid groups (broad SMARTS) is 1. The van der Waals surface area contributed by atoms with E-state index in [2.05, 4.69) is 10.1 Å². The van der Waals surface area contributed by atoms with Crippen molar-refractivity contribution in [3.05, 3.63) is 64.7 Å². The lowest BCUT2D eigenvalue weighted by Gasteiger charge is -2.22. The fourth-order valence-electron chi connectivity index (χ4n) is 2.61. The standard InChI is InChI=1S/C19H18ClF3N2O5/c20-12-6-4-10(5-7-12)8-14(24)16(26)17(27)25-15(18(28)29)11-2-1-3-13(9-11)30-19(21,22)23/h1-7,9,14-16,26H,8,24H2,(H,25,27)(H,28,29)/t14-,15+,16+/m1/s1. The summed E-state index contributed by atoms with van der Waals surface area (Å²) in [5, 5.41) is 22.1. The Bertz CT molecular complexity index is 892. The van der Waals surface area contributed by atoms with Crippen molar-refractivity contribution in [2.75, 3.05) is 0 Å². The minimum Gasteiger partial charge on any atom is -0.479 e. The van der Waals surface area contributed by atoms with Crippen molar-refractivity contribution >= 4 is 23.5 Å². The maximum Gasteiger partial charge on any atom is 0.573 e. The number of carbonyl (C=O) groups is 2. The Morgan fingerprint density at radius 3 is 2.37 bits per heavy atom. The Hall–Kier alpha value is -2.82. The molecule has 30 heavy (non-hydrogen) atoms. The number of amides is 1. The number of hydrogen-bond donors (Lipinski definition) is 4. The number of carbonyl (C=O) groups excluding carboxylic acids is 1. The summed E-state index contributed by atoms with van der Waals surface area (Å²) in [5.41, 5.74) is 6.34. The summed E-state index contributed by atoms with van der Waals surface area (Å²) in [6, 6.07) is 7.86. The summed E-state index contributed by atoms with van der Waals surface area (Å²) in [6.45, 7) is 0. The molecule has 0 saturated carbocycles. The van der Waals surface area contributed by atoms with Gasteiger partial charge in [-0.25, -0.2) is 4.79 Å². The summed E-state index contributed by atoms with van der Waals surface area (Å²) < 4.78 is 40.9. The number of carboxylic acids is 1. The predicted molar refractivity (Wildman–Crippen MR) is 101 cm³/mol. The Kier molecular flexibility index (Phi) is 7.65. The predicted octanol–water partition coefficient (Wildman–Crippen LogP) is 2.41. The highest BCUT2D eigenvalue weighted by atomic mass is 35.5. The lowest BCUT2D eigenvalue weighted by atomic mass is 10.0. The number of nitrogens with one attached hydrogen (secondary N) is 1. The van der Waals surface area contributed by atoms with E-state index in [1.807, 2.05) is 0 Å². The molecule has 0 saturated heterocycles. The maximum atomic E-state index is 12.4. The zero-order valence-electron chi connectivity index (χ0n) is 15.3. The summed E-state index contributed by atoms with van der Waals surface area (Å²) in [5.74, 6) is -3.29. The maximum absolute atomic E-state index is 12.4. The fraction of sp³-hybridized carbons (Fsp3) is 0.263. The van der Waals surface area contributed by atoms with Crippen molar-refractivity contribution in [3.8, 4) is 5.75 Å². The van der Waals surface area contributed by atoms with Crippen LogP contribution in [0.3, 0.4) is 0 Å². The topological polar surface area (TPSA) is 122 Å². The van der Waals surface area contributed by atoms with Gasteiger partial charge in [0.25, 0.3) is 5.91 Å². The molecule has 5 N–H and O–H groups in total. The molecule has 0 aliphatic carbocycles. The van der Waals surface area contributed by atoms with E-state index >= 15 is 0 Å². The van der Waals surface area contributed by atoms with Gasteiger partial charge in [-0.3, -0.25) is 4.79 Å². The van der Waals surface area contributed by atoms with Gasteiger partial charge < -0.3 is 26.0 Å². The second kappa shape index (κ2) is 9.79. The Morgan fingerprint density at radius 1 is 1.17 bits per heavy atom. The van der Waals surface area contributed by atoms with Crippen LogP contribution in [0, 0.1) is 0 Å². The van der Waals surface area contributed by atoms with Crippen molar-refractivity contribution in [3.63, 3.8) is 0 Å². The number of aliphatic carboxylic acids is 1. The van der Waals surface area contributed by atoms with Gasteiger partial charge in [0.1, 0.15) is 11.9 Å². The average Bonchev–Trinajstić information content (AvgIpc) is 2.65. The molecule has 0 radical (unpaired) electrons. The summed E-state index contributed by atoms with van der Waals surface area (Å²) >= 11 is 5.78. The van der Waals surface area contributed by atoms with Crippen molar-refractivity contribution in [2.45, 2.75) is 31.0 Å². The van der Waals surface area contributed by atoms with Gasteiger partial charge in [0.2, 0.25) is 0 Å². The molecule has 2 aromatic rings. The summed E-state index contributed by atoms with van der Waals surface area (Å²) in [6.07, 6.45) is -6.64. The largest absolute Gasteiger partial charge is 0.573 e. The van der Waals surface area contributed by atoms with Crippen LogP contribution in [0.4, 0.5) is 13.2 Å². The third-order valence-electron chi connectivity index (χ3n) is 4.02. The molecule has 0 bridgehead atoms. The lowest BCUT2D eigenvalue weighted by Crippen LogP contribution is -2.49. The first-order valence-corrected chi connectivity index (χ1v) is 8.91. The number of aliphatic hydroxyl groups excluding tert-OH is 1. The van der Waals surface area contributed by atoms with Crippen LogP contribution in [0.1, 0.15) is 17.2 Å². The van der Waals surface area contributed by atoms with Gasteiger partial charge in [0.15, 0.2) is 6.04 Å². The van der Waals surface area contributed by atoms with E-state index in [1.165, 1.54) is 6.07 Å². The van der Waals surface area contributed by atoms with E-state index in [4.69, 9.17) is 17.3 Å². The highest BCUT2D eigenvalue weighted by Gasteiger charge is 2.32. The number of alkyl halides is 3. The van der Waals surface area contributed by atoms with Gasteiger partial charge in [-0.15, -0.1) is 13.2 Å². The molecular weight excluding hydrogens is 429 g/mol. The van der Waals surface area contributed by atoms with Crippen LogP contribution in [0.5, 0.6) is 5.75 Å². The fourth-order valence-corrected chi connectivity index (χ4v) is 2.73. The number of ether oxygens (including phenoxy) is 1. The van der Waals surface area contributed by atoms with Gasteiger partial charge in [-0.2, -0.15) is 0 Å². The molecule has 0 fully saturated rings. The molecule has 0 aliphatic heterocycles. The van der Waals surface area contributed by atoms with Gasteiger partial charge in [-0.1, -0.05) is 35.9 Å². The van der Waals surface area contributed by atoms with Crippen molar-refractivity contribution < 1.29 is 37.7 Å². The third kappa shape index (κ3) is 6.90. The first-order chi connectivity index (χ1) is 14.0. The van der Waals surface area contributed by atoms with Crippen LogP contribution >= 0.6 is 11.6 Å². The minimum absolute atomic E-state index is 0.0956. The molecule has 7 nitrogen and oxygen atoms in total. The highest BCUT2D eigenvalue weighted by Crippen LogP contribution is 2.26. The van der Waals surface area contributed by atoms with E-state index in [0.29, 0.717) is 10.6 Å². The number of nitrogens with two attached hydrogens (primary N) is 1. The molecule has 0 aliphatic rings. The van der Waals surface area contributed by atoms with Crippen LogP contribution in [0.15, 0.2) is 48.5 Å². The van der Waals surface area contributed by atoms with E-state index in [1.54, 1.807) is 24.3 Å². The minimum atomic E-state index is -4.97. The Morgan fingerprint density at radius 2 is 1.80 bits per heavy atom. The Balaban J connectivity index is 2.10. The average molecular weight is 447 g/mol. The summed E-state index contributed by atoms with van der Waals surface area (Å²) in [7, 11) is 0. The van der Waals surface area contributed by atoms with E-state index in [-0.39, 0.29) is 12.0 Å². The monoisotopic (exact) mass is 446 g/mol. The molecule has 3 atom stereocenters. The van der Waals surface area contributed by atoms with Gasteiger partial charge >= 0.3 is 12.3 Å². The van der Waals surface area contributed by atoms with Gasteiger partial charge in [0, 0.05) is 11.1 Å². The number of rotatable bonds is 8. The number of halogens is 4. The molecular formula is C19H18ClF3N2O5. The van der Waals surface area contributed by atoms with E-state index < -0.39 is 42.2 Å². The van der Waals surface area contributed by atoms with E-state index in [0.717, 1.165) is 18.2 Å². The molecule has 0 unspecified atom stereocenters. The molecule has 1 amide bonds. The van der Waals surface area contributed by atoms with Gasteiger partial charge in [-0.05, 0) is 41.8 Å². The molecule has 2 aromatic carbocycles. The number of benzene rings is 2. The summed E-state index contributed by atoms with van der Waals surface area (Å²) in [4.78, 5) is 23.8. The van der Waals surface area contributed by atoms with Crippen LogP contribution < -0.4 is 15.8 Å². The molecule has 162 valence electrons. The van der Waals surface area contributed by atoms with Gasteiger partial charge in [0.05, 0.1) is 0 Å². The van der Waals surface area contributed by atoms with Crippen molar-refractivity contribution in [1.82, 2.24) is 5.32 Å². The number of hydrogen-bond acceptors (Lipinski definition) is 5. The number of aliphatic hydroxyl groups is 1. The molecule has 0 spiro atoms. The molecule has 0 heterocycles. The zero-order chi connectivity index (χ0) is 22.5. The van der Waals surface area contributed by atoms with Crippen LogP contribution in [0.25, 0.3) is 0 Å². The third-order valence-corrected chi connectivity index (χ3v) is 4.27. The second-order valence-corrected chi connectivity index (χ2v) is 6.78. The van der Waals surface area contributed by atoms with Crippen LogP contribution in [-0.4, -0.2) is 40.6 Å². The SMILES string of the molecule is N[C@H](Cc1ccc(Cl)cc1)[C@H](O)C(=O)N[C@H](C(=O)O)c1cccc(OC(F)(F)F)c1. The van der Waals surface area contributed by atoms with E-state index in [9.17, 15) is 33.0 Å². The highest BCUT2D eigenvalue weighted by molar-refractivity contribution is 6.30. The van der Waals surface area contributed by atoms with Crippen molar-refractivity contribution in [1.29, 1.82) is 0 Å². The van der Waals surface area contributed by atoms with Crippen molar-refractivity contribution in [2.24, 2.45) is 5.73 Å². The smallest absolute Gasteiger partial charge is 0.479 e. The first-order valence-electron chi connectivity index (χ1n) is 8.53. The van der Waals surface area contributed by atoms with Crippen LogP contribution in [0.2, 0.25) is 5.02 Å². The normalized spacial score (nSPS) is 14.5. The molecule has 11 heteroatoms. The van der Waals surface area contributed by atoms with Crippen LogP contribution in [-0.2, 0) is 16.0 Å². The lowest BCUT2D eigenvalue weighted by molar-refractivity contribution is -0.274. The zero-order valence-corrected chi connectivity index (χ0v) is 16.0. The molecule has 2 rings (SSSR count). The Labute approximate surface area is 174 Å². The quantitative estimate of drug-likeness (QED) is 0.494.